The number of oxazole rings is 1. The summed E-state index contributed by atoms with van der Waals surface area (Å²) < 4.78 is 10.5. The van der Waals surface area contributed by atoms with Gasteiger partial charge in [-0.1, -0.05) is 0 Å². The second-order valence-electron chi connectivity index (χ2n) is 2.67. The van der Waals surface area contributed by atoms with Gasteiger partial charge < -0.3 is 8.83 Å². The van der Waals surface area contributed by atoms with E-state index in [0.29, 0.717) is 23.1 Å². The van der Waals surface area contributed by atoms with Crippen LogP contribution in [-0.2, 0) is 5.88 Å². The lowest BCUT2D eigenvalue weighted by Crippen LogP contribution is -1.80. The minimum Gasteiger partial charge on any atom is -0.458 e. The lowest BCUT2D eigenvalue weighted by atomic mass is 10.3. The maximum atomic E-state index is 5.67. The van der Waals surface area contributed by atoms with Crippen molar-refractivity contribution in [2.45, 2.75) is 12.8 Å². The van der Waals surface area contributed by atoms with Crippen molar-refractivity contribution < 1.29 is 8.83 Å². The average molecular weight is 198 g/mol. The molecule has 0 N–H and O–H groups in total. The van der Waals surface area contributed by atoms with E-state index in [2.05, 4.69) is 4.98 Å². The van der Waals surface area contributed by atoms with Gasteiger partial charge in [-0.2, -0.15) is 0 Å². The molecule has 0 radical (unpaired) electrons. The highest BCUT2D eigenvalue weighted by molar-refractivity contribution is 6.17. The van der Waals surface area contributed by atoms with E-state index in [9.17, 15) is 0 Å². The number of halogens is 1. The van der Waals surface area contributed by atoms with E-state index >= 15 is 0 Å². The normalized spacial score (nSPS) is 10.6. The fourth-order valence-corrected chi connectivity index (χ4v) is 1.31. The van der Waals surface area contributed by atoms with E-state index in [4.69, 9.17) is 20.4 Å². The molecule has 0 atom stereocenters. The summed E-state index contributed by atoms with van der Waals surface area (Å²) in [7, 11) is 0. The standard InChI is InChI=1S/C9H8ClNO2/c1-6-2-3-8(13-6)9-7(4-10)11-5-12-9/h2-3,5H,4H2,1H3. The molecule has 0 aliphatic rings. The van der Waals surface area contributed by atoms with Crippen LogP contribution in [0.4, 0.5) is 0 Å². The van der Waals surface area contributed by atoms with E-state index in [1.165, 1.54) is 6.39 Å². The Hall–Kier alpha value is -1.22. The zero-order chi connectivity index (χ0) is 9.26. The quantitative estimate of drug-likeness (QED) is 0.695. The Labute approximate surface area is 80.3 Å². The topological polar surface area (TPSA) is 39.2 Å². The monoisotopic (exact) mass is 197 g/mol. The van der Waals surface area contributed by atoms with Crippen molar-refractivity contribution >= 4 is 11.6 Å². The van der Waals surface area contributed by atoms with Crippen LogP contribution >= 0.6 is 11.6 Å². The molecule has 2 aromatic heterocycles. The summed E-state index contributed by atoms with van der Waals surface area (Å²) in [5.41, 5.74) is 0.705. The molecule has 13 heavy (non-hydrogen) atoms. The third-order valence-corrected chi connectivity index (χ3v) is 1.99. The number of hydrogen-bond acceptors (Lipinski definition) is 3. The SMILES string of the molecule is Cc1ccc(-c2ocnc2CCl)o1. The Morgan fingerprint density at radius 1 is 1.46 bits per heavy atom. The first-order chi connectivity index (χ1) is 6.31. The van der Waals surface area contributed by atoms with Gasteiger partial charge in [0.1, 0.15) is 11.5 Å². The minimum atomic E-state index is 0.325. The summed E-state index contributed by atoms with van der Waals surface area (Å²) in [5, 5.41) is 0. The van der Waals surface area contributed by atoms with Crippen molar-refractivity contribution in [3.8, 4) is 11.5 Å². The molecule has 3 nitrogen and oxygen atoms in total. The van der Waals surface area contributed by atoms with Crippen LogP contribution in [0, 0.1) is 6.92 Å². The summed E-state index contributed by atoms with van der Waals surface area (Å²) in [5.74, 6) is 2.45. The van der Waals surface area contributed by atoms with Crippen molar-refractivity contribution in [1.82, 2.24) is 4.98 Å². The largest absolute Gasteiger partial charge is 0.458 e. The Morgan fingerprint density at radius 2 is 2.31 bits per heavy atom. The number of furan rings is 1. The van der Waals surface area contributed by atoms with E-state index in [-0.39, 0.29) is 0 Å². The summed E-state index contributed by atoms with van der Waals surface area (Å²) in [6.07, 6.45) is 1.37. The second-order valence-corrected chi connectivity index (χ2v) is 2.94. The molecule has 0 saturated heterocycles. The second kappa shape index (κ2) is 3.26. The van der Waals surface area contributed by atoms with Gasteiger partial charge in [0, 0.05) is 0 Å². The van der Waals surface area contributed by atoms with Gasteiger partial charge in [-0.3, -0.25) is 0 Å². The van der Waals surface area contributed by atoms with Crippen LogP contribution in [0.3, 0.4) is 0 Å². The van der Waals surface area contributed by atoms with Crippen LogP contribution in [0.5, 0.6) is 0 Å². The van der Waals surface area contributed by atoms with Gasteiger partial charge in [-0.15, -0.1) is 11.6 Å². The fourth-order valence-electron chi connectivity index (χ4n) is 1.12. The van der Waals surface area contributed by atoms with Crippen LogP contribution < -0.4 is 0 Å². The Morgan fingerprint density at radius 3 is 2.92 bits per heavy atom. The van der Waals surface area contributed by atoms with Gasteiger partial charge in [-0.05, 0) is 19.1 Å². The molecule has 0 bridgehead atoms. The Bertz CT molecular complexity index is 405. The van der Waals surface area contributed by atoms with E-state index in [0.717, 1.165) is 5.76 Å². The highest BCUT2D eigenvalue weighted by atomic mass is 35.5. The number of rotatable bonds is 2. The summed E-state index contributed by atoms with van der Waals surface area (Å²) in [6.45, 7) is 1.88. The van der Waals surface area contributed by atoms with Crippen LogP contribution in [0.25, 0.3) is 11.5 Å². The van der Waals surface area contributed by atoms with E-state index in [1.54, 1.807) is 0 Å². The van der Waals surface area contributed by atoms with Crippen LogP contribution in [0.1, 0.15) is 11.5 Å². The van der Waals surface area contributed by atoms with Crippen LogP contribution in [0.15, 0.2) is 27.4 Å². The molecular formula is C9H8ClNO2. The van der Waals surface area contributed by atoms with Gasteiger partial charge in [0.15, 0.2) is 17.9 Å². The van der Waals surface area contributed by atoms with Crippen molar-refractivity contribution in [2.24, 2.45) is 0 Å². The summed E-state index contributed by atoms with van der Waals surface area (Å²) in [6, 6.07) is 3.71. The van der Waals surface area contributed by atoms with Crippen LogP contribution in [0.2, 0.25) is 0 Å². The molecule has 0 aromatic carbocycles. The number of hydrogen-bond donors (Lipinski definition) is 0. The predicted molar refractivity (Wildman–Crippen MR) is 48.5 cm³/mol. The summed E-state index contributed by atoms with van der Waals surface area (Å²) >= 11 is 5.67. The molecule has 0 amide bonds. The van der Waals surface area contributed by atoms with Crippen molar-refractivity contribution in [2.75, 3.05) is 0 Å². The van der Waals surface area contributed by atoms with Crippen molar-refractivity contribution in [3.63, 3.8) is 0 Å². The first-order valence-corrected chi connectivity index (χ1v) is 4.40. The fraction of sp³-hybridized carbons (Fsp3) is 0.222. The van der Waals surface area contributed by atoms with Crippen molar-refractivity contribution in [1.29, 1.82) is 0 Å². The number of aromatic nitrogens is 1. The molecule has 0 aliphatic heterocycles. The van der Waals surface area contributed by atoms with E-state index in [1.807, 2.05) is 19.1 Å². The molecule has 2 heterocycles. The highest BCUT2D eigenvalue weighted by Gasteiger charge is 2.12. The number of nitrogens with zero attached hydrogens (tertiary/aromatic N) is 1. The van der Waals surface area contributed by atoms with Gasteiger partial charge in [0.05, 0.1) is 5.88 Å². The third-order valence-electron chi connectivity index (χ3n) is 1.73. The van der Waals surface area contributed by atoms with E-state index < -0.39 is 0 Å². The summed E-state index contributed by atoms with van der Waals surface area (Å²) in [4.78, 5) is 3.96. The van der Waals surface area contributed by atoms with Gasteiger partial charge >= 0.3 is 0 Å². The molecule has 0 saturated carbocycles. The third kappa shape index (κ3) is 1.47. The molecular weight excluding hydrogens is 190 g/mol. The van der Waals surface area contributed by atoms with Gasteiger partial charge in [0.25, 0.3) is 0 Å². The first kappa shape index (κ1) is 8.38. The maximum Gasteiger partial charge on any atom is 0.194 e. The van der Waals surface area contributed by atoms with Crippen LogP contribution in [-0.4, -0.2) is 4.98 Å². The van der Waals surface area contributed by atoms with Crippen molar-refractivity contribution in [3.05, 3.63) is 30.0 Å². The van der Waals surface area contributed by atoms with Gasteiger partial charge in [-0.25, -0.2) is 4.98 Å². The average Bonchev–Trinajstić information content (AvgIpc) is 2.71. The maximum absolute atomic E-state index is 5.67. The Kier molecular flexibility index (Phi) is 2.10. The molecule has 68 valence electrons. The number of aryl methyl sites for hydroxylation is 1. The minimum absolute atomic E-state index is 0.325. The Balaban J connectivity index is 2.45. The molecule has 0 fully saturated rings. The molecule has 0 aliphatic carbocycles. The zero-order valence-electron chi connectivity index (χ0n) is 7.08. The first-order valence-electron chi connectivity index (χ1n) is 3.86. The lowest BCUT2D eigenvalue weighted by Gasteiger charge is -1.91. The molecule has 0 spiro atoms. The molecule has 2 aromatic rings. The smallest absolute Gasteiger partial charge is 0.194 e. The number of alkyl halides is 1. The van der Waals surface area contributed by atoms with Gasteiger partial charge in [0.2, 0.25) is 0 Å². The molecule has 4 heteroatoms. The highest BCUT2D eigenvalue weighted by Crippen LogP contribution is 2.25. The predicted octanol–water partition coefficient (Wildman–Crippen LogP) is 2.98. The molecule has 2 rings (SSSR count). The molecule has 0 unspecified atom stereocenters. The zero-order valence-corrected chi connectivity index (χ0v) is 7.84. The lowest BCUT2D eigenvalue weighted by molar-refractivity contribution is 0.504.